The summed E-state index contributed by atoms with van der Waals surface area (Å²) in [5, 5.41) is 8.89. The quantitative estimate of drug-likeness (QED) is 0.752. The second kappa shape index (κ2) is 5.52. The van der Waals surface area contributed by atoms with Crippen molar-refractivity contribution >= 4 is 16.9 Å². The Hall–Kier alpha value is -2.47. The summed E-state index contributed by atoms with van der Waals surface area (Å²) in [5.41, 5.74) is 10.7. The summed E-state index contributed by atoms with van der Waals surface area (Å²) >= 11 is 0. The zero-order valence-electron chi connectivity index (χ0n) is 14.2. The van der Waals surface area contributed by atoms with E-state index in [0.29, 0.717) is 5.95 Å². The zero-order chi connectivity index (χ0) is 16.9. The normalized spacial score (nSPS) is 23.4. The largest absolute Gasteiger partial charge is 0.368 e. The lowest BCUT2D eigenvalue weighted by Gasteiger charge is -2.40. The van der Waals surface area contributed by atoms with Crippen LogP contribution in [-0.2, 0) is 18.4 Å². The number of nitrogen functional groups attached to an aromatic ring is 1. The molecule has 1 unspecified atom stereocenters. The topological polar surface area (TPSA) is 83.7 Å². The highest BCUT2D eigenvalue weighted by Crippen LogP contribution is 2.44. The Morgan fingerprint density at radius 1 is 1.24 bits per heavy atom. The fourth-order valence-corrected chi connectivity index (χ4v) is 4.67. The number of anilines is 1. The monoisotopic (exact) mass is 334 g/mol. The Bertz CT molecular complexity index is 929. The molecule has 6 nitrogen and oxygen atoms in total. The van der Waals surface area contributed by atoms with Crippen LogP contribution in [-0.4, -0.2) is 38.2 Å². The minimum absolute atomic E-state index is 0.139. The molecular formula is C19H22N6. The van der Waals surface area contributed by atoms with Crippen LogP contribution in [0.25, 0.3) is 10.9 Å². The minimum atomic E-state index is 0.139. The number of H-pyrrole nitrogens is 1. The molecular weight excluding hydrogens is 312 g/mol. The van der Waals surface area contributed by atoms with Crippen molar-refractivity contribution in [1.29, 1.82) is 0 Å². The van der Waals surface area contributed by atoms with Gasteiger partial charge in [0.2, 0.25) is 5.95 Å². The second-order valence-corrected chi connectivity index (χ2v) is 7.42. The molecule has 0 saturated carbocycles. The number of para-hydroxylation sites is 1. The number of aromatic nitrogens is 4. The Morgan fingerprint density at radius 3 is 3.12 bits per heavy atom. The molecule has 0 bridgehead atoms. The first-order chi connectivity index (χ1) is 12.2. The van der Waals surface area contributed by atoms with Crippen molar-refractivity contribution in [2.24, 2.45) is 0 Å². The number of aryl methyl sites for hydroxylation is 1. The van der Waals surface area contributed by atoms with Crippen LogP contribution in [0.4, 0.5) is 5.95 Å². The highest BCUT2D eigenvalue weighted by atomic mass is 15.2. The number of aromatic amines is 1. The zero-order valence-corrected chi connectivity index (χ0v) is 14.2. The predicted molar refractivity (Wildman–Crippen MR) is 97.0 cm³/mol. The van der Waals surface area contributed by atoms with E-state index in [1.807, 2.05) is 12.3 Å². The minimum Gasteiger partial charge on any atom is -0.368 e. The summed E-state index contributed by atoms with van der Waals surface area (Å²) in [4.78, 5) is 11.4. The number of piperidine rings is 1. The van der Waals surface area contributed by atoms with Gasteiger partial charge in [0.1, 0.15) is 0 Å². The van der Waals surface area contributed by atoms with Crippen molar-refractivity contribution in [3.05, 3.63) is 47.4 Å². The highest BCUT2D eigenvalue weighted by molar-refractivity contribution is 5.81. The van der Waals surface area contributed by atoms with E-state index in [-0.39, 0.29) is 5.41 Å². The van der Waals surface area contributed by atoms with Gasteiger partial charge in [0, 0.05) is 30.1 Å². The lowest BCUT2D eigenvalue weighted by molar-refractivity contribution is 0.136. The van der Waals surface area contributed by atoms with Crippen molar-refractivity contribution in [3.63, 3.8) is 0 Å². The maximum absolute atomic E-state index is 5.88. The number of nitrogens with two attached hydrogens (primary N) is 1. The molecule has 2 aliphatic rings. The molecule has 0 amide bonds. The molecule has 25 heavy (non-hydrogen) atoms. The molecule has 1 saturated heterocycles. The third-order valence-electron chi connectivity index (χ3n) is 5.84. The molecule has 1 aromatic carbocycles. The van der Waals surface area contributed by atoms with E-state index in [1.54, 1.807) is 0 Å². The summed E-state index contributed by atoms with van der Waals surface area (Å²) in [6, 6.07) is 8.31. The van der Waals surface area contributed by atoms with Crippen LogP contribution >= 0.6 is 0 Å². The van der Waals surface area contributed by atoms with Gasteiger partial charge in [-0.15, -0.1) is 0 Å². The van der Waals surface area contributed by atoms with Crippen molar-refractivity contribution in [1.82, 2.24) is 25.1 Å². The molecule has 1 spiro atoms. The molecule has 2 aromatic heterocycles. The molecule has 1 fully saturated rings. The van der Waals surface area contributed by atoms with Crippen LogP contribution < -0.4 is 5.73 Å². The van der Waals surface area contributed by atoms with Gasteiger partial charge in [0.15, 0.2) is 0 Å². The average molecular weight is 334 g/mol. The van der Waals surface area contributed by atoms with Crippen LogP contribution in [0, 0.1) is 0 Å². The van der Waals surface area contributed by atoms with Crippen molar-refractivity contribution in [3.8, 4) is 0 Å². The van der Waals surface area contributed by atoms with E-state index in [0.717, 1.165) is 38.0 Å². The van der Waals surface area contributed by atoms with Crippen molar-refractivity contribution in [2.45, 2.75) is 37.6 Å². The predicted octanol–water partition coefficient (Wildman–Crippen LogP) is 2.42. The SMILES string of the molecule is Nc1ncc2c(n1)C1(CCCN(Cc3[nH]nc4ccccc34)C1)CC2. The smallest absolute Gasteiger partial charge is 0.220 e. The van der Waals surface area contributed by atoms with Gasteiger partial charge in [-0.3, -0.25) is 10.00 Å². The van der Waals surface area contributed by atoms with Gasteiger partial charge in [-0.1, -0.05) is 18.2 Å². The lowest BCUT2D eigenvalue weighted by Crippen LogP contribution is -2.45. The third-order valence-corrected chi connectivity index (χ3v) is 5.84. The van der Waals surface area contributed by atoms with Crippen LogP contribution in [0.15, 0.2) is 30.5 Å². The number of rotatable bonds is 2. The van der Waals surface area contributed by atoms with E-state index in [1.165, 1.54) is 35.2 Å². The number of nitrogens with zero attached hydrogens (tertiary/aromatic N) is 4. The highest BCUT2D eigenvalue weighted by Gasteiger charge is 2.43. The maximum atomic E-state index is 5.88. The first kappa shape index (κ1) is 14.8. The van der Waals surface area contributed by atoms with E-state index in [4.69, 9.17) is 5.73 Å². The maximum Gasteiger partial charge on any atom is 0.220 e. The van der Waals surface area contributed by atoms with Crippen molar-refractivity contribution in [2.75, 3.05) is 18.8 Å². The molecule has 1 atom stereocenters. The lowest BCUT2D eigenvalue weighted by atomic mass is 9.77. The summed E-state index contributed by atoms with van der Waals surface area (Å²) in [5.74, 6) is 0.400. The number of hydrogen-bond donors (Lipinski definition) is 2. The van der Waals surface area contributed by atoms with E-state index in [2.05, 4.69) is 43.3 Å². The van der Waals surface area contributed by atoms with Gasteiger partial charge in [0.25, 0.3) is 0 Å². The van der Waals surface area contributed by atoms with Gasteiger partial charge in [-0.05, 0) is 43.9 Å². The average Bonchev–Trinajstić information content (AvgIpc) is 3.18. The fourth-order valence-electron chi connectivity index (χ4n) is 4.67. The summed E-state index contributed by atoms with van der Waals surface area (Å²) in [6.07, 6.45) is 6.52. The molecule has 1 aliphatic carbocycles. The number of benzene rings is 1. The van der Waals surface area contributed by atoms with Gasteiger partial charge in [-0.25, -0.2) is 9.97 Å². The molecule has 1 aliphatic heterocycles. The van der Waals surface area contributed by atoms with E-state index < -0.39 is 0 Å². The number of nitrogens with one attached hydrogen (secondary N) is 1. The molecule has 3 N–H and O–H groups in total. The molecule has 0 radical (unpaired) electrons. The summed E-state index contributed by atoms with van der Waals surface area (Å²) in [7, 11) is 0. The number of likely N-dealkylation sites (tertiary alicyclic amines) is 1. The third kappa shape index (κ3) is 2.40. The molecule has 128 valence electrons. The Labute approximate surface area is 146 Å². The number of fused-ring (bicyclic) bond motifs is 3. The van der Waals surface area contributed by atoms with Crippen molar-refractivity contribution < 1.29 is 0 Å². The van der Waals surface area contributed by atoms with E-state index >= 15 is 0 Å². The Morgan fingerprint density at radius 2 is 2.16 bits per heavy atom. The molecule has 3 heterocycles. The van der Waals surface area contributed by atoms with E-state index in [9.17, 15) is 0 Å². The summed E-state index contributed by atoms with van der Waals surface area (Å²) in [6.45, 7) is 3.05. The van der Waals surface area contributed by atoms with Crippen LogP contribution in [0.3, 0.4) is 0 Å². The first-order valence-electron chi connectivity index (χ1n) is 9.00. The summed E-state index contributed by atoms with van der Waals surface area (Å²) < 4.78 is 0. The molecule has 6 heteroatoms. The Balaban J connectivity index is 1.43. The fraction of sp³-hybridized carbons (Fsp3) is 0.421. The Kier molecular flexibility index (Phi) is 3.28. The van der Waals surface area contributed by atoms with Gasteiger partial charge >= 0.3 is 0 Å². The van der Waals surface area contributed by atoms with Gasteiger partial charge in [0.05, 0.1) is 16.9 Å². The van der Waals surface area contributed by atoms with Gasteiger partial charge in [-0.2, -0.15) is 5.10 Å². The number of hydrogen-bond acceptors (Lipinski definition) is 5. The molecule has 5 rings (SSSR count). The van der Waals surface area contributed by atoms with Crippen LogP contribution in [0.5, 0.6) is 0 Å². The first-order valence-corrected chi connectivity index (χ1v) is 9.00. The van der Waals surface area contributed by atoms with Gasteiger partial charge < -0.3 is 5.73 Å². The molecule has 3 aromatic rings. The second-order valence-electron chi connectivity index (χ2n) is 7.42. The van der Waals surface area contributed by atoms with Crippen LogP contribution in [0.2, 0.25) is 0 Å². The standard InChI is InChI=1S/C19H22N6/c20-18-21-10-13-6-8-19(17(13)22-18)7-3-9-25(12-19)11-16-14-4-1-2-5-15(14)23-24-16/h1-2,4-5,10H,3,6-9,11-12H2,(H,23,24)(H2,20,21,22). The van der Waals surface area contributed by atoms with Crippen LogP contribution in [0.1, 0.15) is 36.2 Å².